The van der Waals surface area contributed by atoms with Crippen LogP contribution in [0.3, 0.4) is 0 Å². The number of carbonyl (C=O) groups excluding carboxylic acids is 1. The highest BCUT2D eigenvalue weighted by Gasteiger charge is 2.23. The highest BCUT2D eigenvalue weighted by molar-refractivity contribution is 5.96. The second-order valence-corrected chi connectivity index (χ2v) is 7.52. The number of H-pyrrole nitrogens is 1. The zero-order chi connectivity index (χ0) is 22.5. The van der Waals surface area contributed by atoms with Gasteiger partial charge in [0.2, 0.25) is 0 Å². The smallest absolute Gasteiger partial charge is 0.332 e. The molecule has 8 nitrogen and oxygen atoms in total. The number of carboxylic acids is 1. The molecule has 0 saturated heterocycles. The fraction of sp³-hybridized carbons (Fsp3) is 0.167. The van der Waals surface area contributed by atoms with Gasteiger partial charge >= 0.3 is 5.97 Å². The Morgan fingerprint density at radius 1 is 1.00 bits per heavy atom. The van der Waals surface area contributed by atoms with Crippen LogP contribution in [0.15, 0.2) is 73.2 Å². The Morgan fingerprint density at radius 3 is 2.44 bits per heavy atom. The number of carboxylic acid groups (broad SMARTS) is 1. The number of aromatic amines is 1. The van der Waals surface area contributed by atoms with E-state index < -0.39 is 24.0 Å². The van der Waals surface area contributed by atoms with Gasteiger partial charge in [0.25, 0.3) is 5.91 Å². The minimum Gasteiger partial charge on any atom is -0.479 e. The lowest BCUT2D eigenvalue weighted by Gasteiger charge is -2.20. The standard InChI is InChI=1S/C24H22N4O4/c29-21(24(31)32)12-19(28-23(30)18-11-20-22(25-13-18)27-14-26-20)10-15-6-8-17(9-7-15)16-4-2-1-3-5-16/h1-9,11,13-14,19,21,29H,10,12H2,(H,28,30)(H,31,32)(H,25,26,27). The number of nitrogens with zero attached hydrogens (tertiary/aromatic N) is 2. The first-order valence-corrected chi connectivity index (χ1v) is 10.1. The average molecular weight is 430 g/mol. The van der Waals surface area contributed by atoms with E-state index in [2.05, 4.69) is 20.3 Å². The number of hydrogen-bond donors (Lipinski definition) is 4. The molecule has 0 aliphatic rings. The SMILES string of the molecule is O=C(NC(Cc1ccc(-c2ccccc2)cc1)CC(O)C(=O)O)c1cnc2[nH]cnc2c1. The van der Waals surface area contributed by atoms with Crippen molar-refractivity contribution in [3.8, 4) is 11.1 Å². The van der Waals surface area contributed by atoms with E-state index in [4.69, 9.17) is 5.11 Å². The maximum Gasteiger partial charge on any atom is 0.332 e. The van der Waals surface area contributed by atoms with Crippen LogP contribution >= 0.6 is 0 Å². The minimum absolute atomic E-state index is 0.125. The zero-order valence-corrected chi connectivity index (χ0v) is 17.1. The molecule has 2 atom stereocenters. The number of benzene rings is 2. The number of nitrogens with one attached hydrogen (secondary N) is 2. The lowest BCUT2D eigenvalue weighted by atomic mass is 9.97. The number of aromatic nitrogens is 3. The molecule has 0 fully saturated rings. The van der Waals surface area contributed by atoms with Gasteiger partial charge in [0.1, 0.15) is 5.52 Å². The van der Waals surface area contributed by atoms with Crippen molar-refractivity contribution in [3.63, 3.8) is 0 Å². The Kier molecular flexibility index (Phi) is 6.23. The molecular weight excluding hydrogens is 408 g/mol. The van der Waals surface area contributed by atoms with Crippen LogP contribution in [0.4, 0.5) is 0 Å². The van der Waals surface area contributed by atoms with Crippen LogP contribution in [-0.2, 0) is 11.2 Å². The summed E-state index contributed by atoms with van der Waals surface area (Å²) in [6.07, 6.45) is 1.57. The molecule has 2 aromatic carbocycles. The first-order valence-electron chi connectivity index (χ1n) is 10.1. The average Bonchev–Trinajstić information content (AvgIpc) is 3.28. The number of amides is 1. The summed E-state index contributed by atoms with van der Waals surface area (Å²) in [5, 5.41) is 21.8. The van der Waals surface area contributed by atoms with E-state index in [0.29, 0.717) is 23.1 Å². The van der Waals surface area contributed by atoms with Gasteiger partial charge in [0, 0.05) is 18.7 Å². The summed E-state index contributed by atoms with van der Waals surface area (Å²) in [6, 6.07) is 18.8. The van der Waals surface area contributed by atoms with Gasteiger partial charge in [-0.15, -0.1) is 0 Å². The summed E-state index contributed by atoms with van der Waals surface area (Å²) in [7, 11) is 0. The number of fused-ring (bicyclic) bond motifs is 1. The van der Waals surface area contributed by atoms with Crippen molar-refractivity contribution in [2.75, 3.05) is 0 Å². The highest BCUT2D eigenvalue weighted by Crippen LogP contribution is 2.20. The number of aliphatic hydroxyl groups excluding tert-OH is 1. The molecule has 2 aromatic heterocycles. The monoisotopic (exact) mass is 430 g/mol. The van der Waals surface area contributed by atoms with Gasteiger partial charge in [-0.1, -0.05) is 54.6 Å². The highest BCUT2D eigenvalue weighted by atomic mass is 16.4. The molecule has 8 heteroatoms. The van der Waals surface area contributed by atoms with Crippen molar-refractivity contribution < 1.29 is 19.8 Å². The number of rotatable bonds is 8. The Labute approximate surface area is 184 Å². The summed E-state index contributed by atoms with van der Waals surface area (Å²) in [4.78, 5) is 35.1. The van der Waals surface area contributed by atoms with Crippen molar-refractivity contribution in [2.45, 2.75) is 25.0 Å². The number of carbonyl (C=O) groups is 2. The molecule has 162 valence electrons. The molecule has 2 unspecified atom stereocenters. The fourth-order valence-corrected chi connectivity index (χ4v) is 3.53. The van der Waals surface area contributed by atoms with Crippen LogP contribution in [0.5, 0.6) is 0 Å². The van der Waals surface area contributed by atoms with Crippen LogP contribution in [0.25, 0.3) is 22.3 Å². The Morgan fingerprint density at radius 2 is 1.72 bits per heavy atom. The summed E-state index contributed by atoms with van der Waals surface area (Å²) in [6.45, 7) is 0. The molecule has 0 spiro atoms. The first-order chi connectivity index (χ1) is 15.5. The second kappa shape index (κ2) is 9.40. The molecule has 1 amide bonds. The molecule has 4 aromatic rings. The number of pyridine rings is 1. The molecule has 4 rings (SSSR count). The minimum atomic E-state index is -1.59. The van der Waals surface area contributed by atoms with E-state index in [0.717, 1.165) is 16.7 Å². The molecule has 32 heavy (non-hydrogen) atoms. The van der Waals surface area contributed by atoms with Crippen molar-refractivity contribution in [1.82, 2.24) is 20.3 Å². The largest absolute Gasteiger partial charge is 0.479 e. The number of aliphatic carboxylic acids is 1. The third-order valence-corrected chi connectivity index (χ3v) is 5.21. The van der Waals surface area contributed by atoms with Crippen molar-refractivity contribution in [1.29, 1.82) is 0 Å². The normalized spacial score (nSPS) is 12.9. The third kappa shape index (κ3) is 4.98. The summed E-state index contributed by atoms with van der Waals surface area (Å²) >= 11 is 0. The van der Waals surface area contributed by atoms with E-state index >= 15 is 0 Å². The van der Waals surface area contributed by atoms with Gasteiger partial charge in [0.05, 0.1) is 11.9 Å². The maximum atomic E-state index is 12.8. The predicted octanol–water partition coefficient (Wildman–Crippen LogP) is 2.80. The van der Waals surface area contributed by atoms with E-state index in [1.54, 1.807) is 6.07 Å². The first kappa shape index (κ1) is 21.2. The Hall–Kier alpha value is -4.04. The van der Waals surface area contributed by atoms with Crippen molar-refractivity contribution in [2.24, 2.45) is 0 Å². The topological polar surface area (TPSA) is 128 Å². The molecule has 0 aliphatic heterocycles. The lowest BCUT2D eigenvalue weighted by Crippen LogP contribution is -2.40. The molecule has 0 saturated carbocycles. The molecule has 0 aliphatic carbocycles. The zero-order valence-electron chi connectivity index (χ0n) is 17.1. The van der Waals surface area contributed by atoms with Gasteiger partial charge < -0.3 is 20.5 Å². The van der Waals surface area contributed by atoms with E-state index in [-0.39, 0.29) is 6.42 Å². The van der Waals surface area contributed by atoms with E-state index in [1.807, 2.05) is 54.6 Å². The third-order valence-electron chi connectivity index (χ3n) is 5.21. The molecular formula is C24H22N4O4. The molecule has 2 heterocycles. The van der Waals surface area contributed by atoms with Crippen LogP contribution in [0.1, 0.15) is 22.3 Å². The van der Waals surface area contributed by atoms with E-state index in [1.165, 1.54) is 12.5 Å². The van der Waals surface area contributed by atoms with Crippen molar-refractivity contribution >= 4 is 23.0 Å². The van der Waals surface area contributed by atoms with Gasteiger partial charge in [-0.05, 0) is 29.2 Å². The Balaban J connectivity index is 1.50. The number of aliphatic hydroxyl groups is 1. The van der Waals surface area contributed by atoms with Crippen LogP contribution in [0.2, 0.25) is 0 Å². The fourth-order valence-electron chi connectivity index (χ4n) is 3.53. The second-order valence-electron chi connectivity index (χ2n) is 7.52. The number of hydrogen-bond acceptors (Lipinski definition) is 5. The van der Waals surface area contributed by atoms with Gasteiger partial charge in [0.15, 0.2) is 11.8 Å². The van der Waals surface area contributed by atoms with E-state index in [9.17, 15) is 14.7 Å². The van der Waals surface area contributed by atoms with Gasteiger partial charge in [-0.3, -0.25) is 4.79 Å². The van der Waals surface area contributed by atoms with Gasteiger partial charge in [-0.25, -0.2) is 14.8 Å². The van der Waals surface area contributed by atoms with Crippen molar-refractivity contribution in [3.05, 3.63) is 84.3 Å². The molecule has 0 radical (unpaired) electrons. The van der Waals surface area contributed by atoms with Gasteiger partial charge in [-0.2, -0.15) is 0 Å². The summed E-state index contributed by atoms with van der Waals surface area (Å²) < 4.78 is 0. The summed E-state index contributed by atoms with van der Waals surface area (Å²) in [5.74, 6) is -1.74. The lowest BCUT2D eigenvalue weighted by molar-refractivity contribution is -0.147. The predicted molar refractivity (Wildman–Crippen MR) is 119 cm³/mol. The quantitative estimate of drug-likeness (QED) is 0.340. The maximum absolute atomic E-state index is 12.8. The van der Waals surface area contributed by atoms with Crippen LogP contribution in [0, 0.1) is 0 Å². The van der Waals surface area contributed by atoms with Crippen LogP contribution < -0.4 is 5.32 Å². The molecule has 0 bridgehead atoms. The summed E-state index contributed by atoms with van der Waals surface area (Å²) in [5.41, 5.74) is 4.48. The Bertz CT molecular complexity index is 1220. The number of imidazole rings is 1. The molecule has 4 N–H and O–H groups in total. The van der Waals surface area contributed by atoms with Crippen LogP contribution in [-0.4, -0.2) is 49.2 Å².